The van der Waals surface area contributed by atoms with Crippen LogP contribution in [0.1, 0.15) is 32.7 Å². The summed E-state index contributed by atoms with van der Waals surface area (Å²) >= 11 is 0. The van der Waals surface area contributed by atoms with Gasteiger partial charge in [0.1, 0.15) is 17.6 Å². The summed E-state index contributed by atoms with van der Waals surface area (Å²) in [5.74, 6) is -0.380. The summed E-state index contributed by atoms with van der Waals surface area (Å²) in [7, 11) is 0. The fourth-order valence-electron chi connectivity index (χ4n) is 2.95. The van der Waals surface area contributed by atoms with Gasteiger partial charge in [-0.2, -0.15) is 0 Å². The summed E-state index contributed by atoms with van der Waals surface area (Å²) in [6.07, 6.45) is 0.192. The summed E-state index contributed by atoms with van der Waals surface area (Å²) < 4.78 is 11.4. The Labute approximate surface area is 157 Å². The van der Waals surface area contributed by atoms with E-state index in [0.29, 0.717) is 30.9 Å². The van der Waals surface area contributed by atoms with Gasteiger partial charge < -0.3 is 25.6 Å². The van der Waals surface area contributed by atoms with E-state index in [2.05, 4.69) is 5.32 Å². The second-order valence-electron chi connectivity index (χ2n) is 6.51. The summed E-state index contributed by atoms with van der Waals surface area (Å²) in [5.41, 5.74) is 6.71. The molecule has 4 N–H and O–H groups in total. The number of rotatable bonds is 5. The zero-order valence-corrected chi connectivity index (χ0v) is 15.0. The van der Waals surface area contributed by atoms with Crippen LogP contribution in [0.15, 0.2) is 42.5 Å². The number of primary amides is 1. The fourth-order valence-corrected chi connectivity index (χ4v) is 2.95. The average molecular weight is 370 g/mol. The lowest BCUT2D eigenvalue weighted by atomic mass is 10.0. The molecule has 1 saturated heterocycles. The molecule has 2 amide bonds. The van der Waals surface area contributed by atoms with Gasteiger partial charge in [-0.25, -0.2) is 0 Å². The van der Waals surface area contributed by atoms with Crippen molar-refractivity contribution < 1.29 is 24.2 Å². The topological polar surface area (TPSA) is 111 Å². The first kappa shape index (κ1) is 18.7. The fraction of sp³-hybridized carbons (Fsp3) is 0.300. The Hall–Kier alpha value is -3.06. The molecule has 7 nitrogen and oxygen atoms in total. The molecular formula is C20H22N2O5. The van der Waals surface area contributed by atoms with Crippen LogP contribution in [0.4, 0.5) is 0 Å². The SMILES string of the molecule is Cc1ccc(C(=O)N[C@@H]2CCOC[C@H]2Oc2ccc(C(N)=O)cc2)c(O)c1. The van der Waals surface area contributed by atoms with Crippen molar-refractivity contribution in [2.75, 3.05) is 13.2 Å². The quantitative estimate of drug-likeness (QED) is 0.743. The Bertz CT molecular complexity index is 835. The van der Waals surface area contributed by atoms with Crippen molar-refractivity contribution in [2.45, 2.75) is 25.5 Å². The van der Waals surface area contributed by atoms with Crippen LogP contribution < -0.4 is 15.8 Å². The minimum absolute atomic E-state index is 0.0564. The number of nitrogens with two attached hydrogens (primary N) is 1. The van der Waals surface area contributed by atoms with Crippen molar-refractivity contribution in [3.05, 3.63) is 59.2 Å². The Kier molecular flexibility index (Phi) is 5.61. The number of amides is 2. The number of benzene rings is 2. The lowest BCUT2D eigenvalue weighted by Gasteiger charge is -2.32. The first-order valence-electron chi connectivity index (χ1n) is 8.69. The first-order chi connectivity index (χ1) is 12.9. The molecule has 0 aromatic heterocycles. The molecule has 1 heterocycles. The Balaban J connectivity index is 1.69. The van der Waals surface area contributed by atoms with E-state index in [1.807, 2.05) is 6.92 Å². The largest absolute Gasteiger partial charge is 0.507 e. The summed E-state index contributed by atoms with van der Waals surface area (Å²) in [6, 6.07) is 11.1. The molecule has 0 saturated carbocycles. The number of hydrogen-bond donors (Lipinski definition) is 3. The minimum Gasteiger partial charge on any atom is -0.507 e. The number of ether oxygens (including phenoxy) is 2. The number of hydrogen-bond acceptors (Lipinski definition) is 5. The zero-order chi connectivity index (χ0) is 19.4. The molecule has 7 heteroatoms. The number of nitrogens with one attached hydrogen (secondary N) is 1. The molecule has 0 spiro atoms. The molecule has 142 valence electrons. The zero-order valence-electron chi connectivity index (χ0n) is 15.0. The van der Waals surface area contributed by atoms with Gasteiger partial charge in [0, 0.05) is 12.2 Å². The molecule has 2 aromatic carbocycles. The molecule has 2 aromatic rings. The molecule has 3 rings (SSSR count). The van der Waals surface area contributed by atoms with Crippen LogP contribution >= 0.6 is 0 Å². The van der Waals surface area contributed by atoms with Crippen LogP contribution in [0.5, 0.6) is 11.5 Å². The molecule has 1 aliphatic rings. The van der Waals surface area contributed by atoms with Gasteiger partial charge in [0.15, 0.2) is 0 Å². The highest BCUT2D eigenvalue weighted by Crippen LogP contribution is 2.21. The van der Waals surface area contributed by atoms with Gasteiger partial charge in [-0.1, -0.05) is 6.07 Å². The number of aromatic hydroxyl groups is 1. The van der Waals surface area contributed by atoms with Crippen LogP contribution in [0, 0.1) is 6.92 Å². The number of phenols is 1. The molecule has 2 atom stereocenters. The lowest BCUT2D eigenvalue weighted by Crippen LogP contribution is -2.51. The van der Waals surface area contributed by atoms with E-state index in [1.54, 1.807) is 42.5 Å². The Morgan fingerprint density at radius 2 is 1.96 bits per heavy atom. The third kappa shape index (κ3) is 4.57. The summed E-state index contributed by atoms with van der Waals surface area (Å²) in [6.45, 7) is 2.67. The third-order valence-electron chi connectivity index (χ3n) is 4.44. The van der Waals surface area contributed by atoms with Gasteiger partial charge in [-0.05, 0) is 55.3 Å². The second-order valence-corrected chi connectivity index (χ2v) is 6.51. The van der Waals surface area contributed by atoms with E-state index in [-0.39, 0.29) is 23.3 Å². The second kappa shape index (κ2) is 8.09. The Morgan fingerprint density at radius 3 is 2.63 bits per heavy atom. The van der Waals surface area contributed by atoms with Gasteiger partial charge in [0.05, 0.1) is 18.2 Å². The van der Waals surface area contributed by atoms with Crippen LogP contribution in [0.2, 0.25) is 0 Å². The van der Waals surface area contributed by atoms with Gasteiger partial charge in [-0.15, -0.1) is 0 Å². The molecule has 1 fully saturated rings. The van der Waals surface area contributed by atoms with E-state index >= 15 is 0 Å². The summed E-state index contributed by atoms with van der Waals surface area (Å²) in [5, 5.41) is 12.9. The van der Waals surface area contributed by atoms with Crippen LogP contribution in [0.3, 0.4) is 0 Å². The predicted octanol–water partition coefficient (Wildman–Crippen LogP) is 1.77. The molecule has 27 heavy (non-hydrogen) atoms. The maximum Gasteiger partial charge on any atom is 0.255 e. The normalized spacial score (nSPS) is 19.3. The molecule has 0 aliphatic carbocycles. The van der Waals surface area contributed by atoms with Crippen molar-refractivity contribution in [3.8, 4) is 11.5 Å². The first-order valence-corrected chi connectivity index (χ1v) is 8.69. The highest BCUT2D eigenvalue weighted by molar-refractivity contribution is 5.97. The number of carbonyl (C=O) groups is 2. The molecule has 0 radical (unpaired) electrons. The molecule has 0 unspecified atom stereocenters. The lowest BCUT2D eigenvalue weighted by molar-refractivity contribution is -0.0135. The smallest absolute Gasteiger partial charge is 0.255 e. The number of phenolic OH excluding ortho intramolecular Hbond substituents is 1. The van der Waals surface area contributed by atoms with Gasteiger partial charge in [0.25, 0.3) is 5.91 Å². The average Bonchev–Trinajstić information content (AvgIpc) is 2.63. The molecule has 0 bridgehead atoms. The monoisotopic (exact) mass is 370 g/mol. The van der Waals surface area contributed by atoms with E-state index in [9.17, 15) is 14.7 Å². The van der Waals surface area contributed by atoms with Gasteiger partial charge in [0.2, 0.25) is 5.91 Å². The van der Waals surface area contributed by atoms with Crippen molar-refractivity contribution in [1.29, 1.82) is 0 Å². The number of carbonyl (C=O) groups excluding carboxylic acids is 2. The maximum absolute atomic E-state index is 12.5. The van der Waals surface area contributed by atoms with E-state index in [0.717, 1.165) is 5.56 Å². The molecule has 1 aliphatic heterocycles. The van der Waals surface area contributed by atoms with Gasteiger partial charge in [-0.3, -0.25) is 9.59 Å². The minimum atomic E-state index is -0.509. The van der Waals surface area contributed by atoms with E-state index in [1.165, 1.54) is 0 Å². The highest BCUT2D eigenvalue weighted by Gasteiger charge is 2.30. The van der Waals surface area contributed by atoms with E-state index < -0.39 is 12.0 Å². The summed E-state index contributed by atoms with van der Waals surface area (Å²) in [4.78, 5) is 23.7. The third-order valence-corrected chi connectivity index (χ3v) is 4.44. The van der Waals surface area contributed by atoms with Crippen molar-refractivity contribution in [2.24, 2.45) is 5.73 Å². The van der Waals surface area contributed by atoms with Crippen LogP contribution in [-0.4, -0.2) is 42.3 Å². The van der Waals surface area contributed by atoms with Crippen molar-refractivity contribution in [1.82, 2.24) is 5.32 Å². The maximum atomic E-state index is 12.5. The number of aryl methyl sites for hydroxylation is 1. The predicted molar refractivity (Wildman–Crippen MR) is 98.9 cm³/mol. The van der Waals surface area contributed by atoms with Crippen molar-refractivity contribution in [3.63, 3.8) is 0 Å². The standard InChI is InChI=1S/C20H22N2O5/c1-12-2-7-15(17(23)10-12)20(25)22-16-8-9-26-11-18(16)27-14-5-3-13(4-6-14)19(21)24/h2-7,10,16,18,23H,8-9,11H2,1H3,(H2,21,24)(H,22,25)/t16-,18-/m1/s1. The van der Waals surface area contributed by atoms with E-state index in [4.69, 9.17) is 15.2 Å². The Morgan fingerprint density at radius 1 is 1.22 bits per heavy atom. The van der Waals surface area contributed by atoms with Gasteiger partial charge >= 0.3 is 0 Å². The van der Waals surface area contributed by atoms with Crippen LogP contribution in [0.25, 0.3) is 0 Å². The molecular weight excluding hydrogens is 348 g/mol. The van der Waals surface area contributed by atoms with Crippen LogP contribution in [-0.2, 0) is 4.74 Å². The highest BCUT2D eigenvalue weighted by atomic mass is 16.5. The van der Waals surface area contributed by atoms with Crippen molar-refractivity contribution >= 4 is 11.8 Å².